The molecule has 0 aliphatic rings. The van der Waals surface area contributed by atoms with Crippen LogP contribution in [-0.4, -0.2) is 30.1 Å². The second-order valence-electron chi connectivity index (χ2n) is 5.62. The molecule has 5 nitrogen and oxygen atoms in total. The second kappa shape index (κ2) is 9.08. The average molecular weight is 362 g/mol. The van der Waals surface area contributed by atoms with Crippen LogP contribution in [0.5, 0.6) is 5.75 Å². The fourth-order valence-corrected chi connectivity index (χ4v) is 2.72. The maximum absolute atomic E-state index is 12.1. The van der Waals surface area contributed by atoms with E-state index in [0.717, 1.165) is 5.56 Å². The Morgan fingerprint density at radius 2 is 1.88 bits per heavy atom. The van der Waals surface area contributed by atoms with Crippen molar-refractivity contribution in [3.8, 4) is 5.75 Å². The van der Waals surface area contributed by atoms with Gasteiger partial charge in [-0.1, -0.05) is 48.0 Å². The number of rotatable bonds is 8. The maximum atomic E-state index is 12.1. The number of carboxylic acid groups (broad SMARTS) is 1. The summed E-state index contributed by atoms with van der Waals surface area (Å²) in [6, 6.07) is 13.6. The summed E-state index contributed by atoms with van der Waals surface area (Å²) in [5.74, 6) is -0.861. The van der Waals surface area contributed by atoms with E-state index >= 15 is 0 Å². The molecule has 2 aromatic rings. The smallest absolute Gasteiger partial charge is 0.326 e. The molecule has 0 fully saturated rings. The first-order valence-electron chi connectivity index (χ1n) is 7.88. The van der Waals surface area contributed by atoms with E-state index in [1.54, 1.807) is 18.2 Å². The van der Waals surface area contributed by atoms with E-state index in [-0.39, 0.29) is 18.7 Å². The minimum absolute atomic E-state index is 0.149. The van der Waals surface area contributed by atoms with Gasteiger partial charge in [0.1, 0.15) is 11.8 Å². The van der Waals surface area contributed by atoms with Crippen LogP contribution in [0, 0.1) is 0 Å². The van der Waals surface area contributed by atoms with Gasteiger partial charge in [0.05, 0.1) is 12.1 Å². The normalized spacial score (nSPS) is 11.6. The van der Waals surface area contributed by atoms with Crippen LogP contribution in [0.25, 0.3) is 0 Å². The minimum Gasteiger partial charge on any atom is -0.495 e. The molecule has 0 heterocycles. The molecule has 2 aromatic carbocycles. The summed E-state index contributed by atoms with van der Waals surface area (Å²) in [5.41, 5.74) is 1.74. The topological polar surface area (TPSA) is 75.6 Å². The fraction of sp³-hybridized carbons (Fsp3) is 0.263. The zero-order valence-electron chi connectivity index (χ0n) is 13.9. The monoisotopic (exact) mass is 361 g/mol. The molecule has 25 heavy (non-hydrogen) atoms. The van der Waals surface area contributed by atoms with Crippen LogP contribution in [0.15, 0.2) is 48.5 Å². The van der Waals surface area contributed by atoms with Crippen molar-refractivity contribution in [3.05, 3.63) is 64.7 Å². The fourth-order valence-electron chi connectivity index (χ4n) is 2.44. The van der Waals surface area contributed by atoms with Gasteiger partial charge in [0.15, 0.2) is 0 Å². The molecule has 0 saturated carbocycles. The summed E-state index contributed by atoms with van der Waals surface area (Å²) in [7, 11) is 1.51. The Balaban J connectivity index is 1.95. The van der Waals surface area contributed by atoms with Crippen molar-refractivity contribution in [2.45, 2.75) is 25.3 Å². The molecule has 0 spiro atoms. The zero-order chi connectivity index (χ0) is 18.2. The van der Waals surface area contributed by atoms with Gasteiger partial charge >= 0.3 is 5.97 Å². The number of hydrogen-bond acceptors (Lipinski definition) is 3. The molecule has 0 aromatic heterocycles. The van der Waals surface area contributed by atoms with Crippen molar-refractivity contribution in [1.82, 2.24) is 5.32 Å². The molecule has 0 saturated heterocycles. The highest BCUT2D eigenvalue weighted by Crippen LogP contribution is 2.25. The van der Waals surface area contributed by atoms with Gasteiger partial charge in [-0.2, -0.15) is 0 Å². The van der Waals surface area contributed by atoms with Gasteiger partial charge in [0, 0.05) is 12.8 Å². The molecule has 2 rings (SSSR count). The number of benzene rings is 2. The van der Waals surface area contributed by atoms with Gasteiger partial charge < -0.3 is 15.2 Å². The number of nitrogens with one attached hydrogen (secondary N) is 1. The Morgan fingerprint density at radius 3 is 2.48 bits per heavy atom. The van der Waals surface area contributed by atoms with Crippen molar-refractivity contribution in [1.29, 1.82) is 0 Å². The van der Waals surface area contributed by atoms with Crippen LogP contribution in [-0.2, 0) is 22.4 Å². The quantitative estimate of drug-likeness (QED) is 0.757. The predicted molar refractivity (Wildman–Crippen MR) is 96.0 cm³/mol. The number of carboxylic acids is 1. The van der Waals surface area contributed by atoms with E-state index in [1.165, 1.54) is 7.11 Å². The standard InChI is InChI=1S/C19H20ClNO4/c1-25-17-9-7-14(11-15(17)20)12-16(19(23)24)21-18(22)10-8-13-5-3-2-4-6-13/h2-7,9,11,16H,8,10,12H2,1H3,(H,21,22)(H,23,24)/t16-/m0/s1. The molecule has 1 amide bonds. The number of aliphatic carboxylic acids is 1. The SMILES string of the molecule is COc1ccc(C[C@H](NC(=O)CCc2ccccc2)C(=O)O)cc1Cl. The minimum atomic E-state index is -1.08. The first-order chi connectivity index (χ1) is 12.0. The van der Waals surface area contributed by atoms with Crippen molar-refractivity contribution < 1.29 is 19.4 Å². The Hall–Kier alpha value is -2.53. The molecule has 6 heteroatoms. The summed E-state index contributed by atoms with van der Waals surface area (Å²) in [4.78, 5) is 23.5. The highest BCUT2D eigenvalue weighted by molar-refractivity contribution is 6.32. The lowest BCUT2D eigenvalue weighted by Crippen LogP contribution is -2.42. The molecular weight excluding hydrogens is 342 g/mol. The van der Waals surface area contributed by atoms with Crippen LogP contribution in [0.3, 0.4) is 0 Å². The van der Waals surface area contributed by atoms with Crippen LogP contribution in [0.2, 0.25) is 5.02 Å². The van der Waals surface area contributed by atoms with Crippen molar-refractivity contribution in [3.63, 3.8) is 0 Å². The maximum Gasteiger partial charge on any atom is 0.326 e. The lowest BCUT2D eigenvalue weighted by molar-refractivity contribution is -0.141. The Kier molecular flexibility index (Phi) is 6.83. The molecule has 2 N–H and O–H groups in total. The van der Waals surface area contributed by atoms with E-state index in [1.807, 2.05) is 30.3 Å². The largest absolute Gasteiger partial charge is 0.495 e. The van der Waals surface area contributed by atoms with Gasteiger partial charge in [0.2, 0.25) is 5.91 Å². The van der Waals surface area contributed by atoms with E-state index in [4.69, 9.17) is 16.3 Å². The Bertz CT molecular complexity index is 733. The number of hydrogen-bond donors (Lipinski definition) is 2. The van der Waals surface area contributed by atoms with Crippen LogP contribution in [0.1, 0.15) is 17.5 Å². The summed E-state index contributed by atoms with van der Waals surface area (Å²) in [6.07, 6.45) is 0.945. The molecule has 0 aliphatic heterocycles. The lowest BCUT2D eigenvalue weighted by Gasteiger charge is -2.15. The number of ether oxygens (including phenoxy) is 1. The third-order valence-electron chi connectivity index (χ3n) is 3.77. The van der Waals surface area contributed by atoms with Gasteiger partial charge in [-0.15, -0.1) is 0 Å². The predicted octanol–water partition coefficient (Wildman–Crippen LogP) is 3.09. The number of methoxy groups -OCH3 is 1. The van der Waals surface area contributed by atoms with Crippen molar-refractivity contribution >= 4 is 23.5 Å². The van der Waals surface area contributed by atoms with Gasteiger partial charge in [-0.3, -0.25) is 4.79 Å². The molecule has 132 valence electrons. The molecule has 0 radical (unpaired) electrons. The second-order valence-corrected chi connectivity index (χ2v) is 6.02. The van der Waals surface area contributed by atoms with E-state index in [0.29, 0.717) is 22.8 Å². The molecule has 0 unspecified atom stereocenters. The highest BCUT2D eigenvalue weighted by atomic mass is 35.5. The van der Waals surface area contributed by atoms with E-state index < -0.39 is 12.0 Å². The third kappa shape index (κ3) is 5.80. The van der Waals surface area contributed by atoms with Crippen LogP contribution in [0.4, 0.5) is 0 Å². The number of halogens is 1. The van der Waals surface area contributed by atoms with Crippen molar-refractivity contribution in [2.75, 3.05) is 7.11 Å². The summed E-state index contributed by atoms with van der Waals surface area (Å²) < 4.78 is 5.07. The Labute approximate surface area is 151 Å². The highest BCUT2D eigenvalue weighted by Gasteiger charge is 2.20. The average Bonchev–Trinajstić information content (AvgIpc) is 2.60. The molecular formula is C19H20ClNO4. The number of amides is 1. The van der Waals surface area contributed by atoms with Crippen molar-refractivity contribution in [2.24, 2.45) is 0 Å². The molecule has 0 aliphatic carbocycles. The van der Waals surface area contributed by atoms with Crippen LogP contribution < -0.4 is 10.1 Å². The van der Waals surface area contributed by atoms with Gasteiger partial charge in [-0.05, 0) is 29.7 Å². The number of aryl methyl sites for hydroxylation is 1. The summed E-state index contributed by atoms with van der Waals surface area (Å²) in [5, 5.41) is 12.3. The number of carbonyl (C=O) groups excluding carboxylic acids is 1. The van der Waals surface area contributed by atoms with Gasteiger partial charge in [0.25, 0.3) is 0 Å². The van der Waals surface area contributed by atoms with Crippen LogP contribution >= 0.6 is 11.6 Å². The van der Waals surface area contributed by atoms with E-state index in [9.17, 15) is 14.7 Å². The summed E-state index contributed by atoms with van der Waals surface area (Å²) in [6.45, 7) is 0. The molecule has 0 bridgehead atoms. The van der Waals surface area contributed by atoms with E-state index in [2.05, 4.69) is 5.32 Å². The Morgan fingerprint density at radius 1 is 1.16 bits per heavy atom. The van der Waals surface area contributed by atoms with Gasteiger partial charge in [-0.25, -0.2) is 4.79 Å². The first kappa shape index (κ1) is 18.8. The molecule has 1 atom stereocenters. The first-order valence-corrected chi connectivity index (χ1v) is 8.26. The lowest BCUT2D eigenvalue weighted by atomic mass is 10.0. The zero-order valence-corrected chi connectivity index (χ0v) is 14.6. The summed E-state index contributed by atoms with van der Waals surface area (Å²) >= 11 is 6.06. The third-order valence-corrected chi connectivity index (χ3v) is 4.07. The number of carbonyl (C=O) groups is 2.